The third-order valence-corrected chi connectivity index (χ3v) is 4.22. The van der Waals surface area contributed by atoms with Gasteiger partial charge in [-0.05, 0) is 37.1 Å². The van der Waals surface area contributed by atoms with Gasteiger partial charge in [-0.1, -0.05) is 51.0 Å². The number of ether oxygens (including phenoxy) is 5. The van der Waals surface area contributed by atoms with Crippen LogP contribution in [0.5, 0.6) is 11.5 Å². The molecule has 0 aliphatic heterocycles. The van der Waals surface area contributed by atoms with Gasteiger partial charge in [-0.15, -0.1) is 0 Å². The van der Waals surface area contributed by atoms with E-state index >= 15 is 0 Å². The fourth-order valence-corrected chi connectivity index (χ4v) is 2.49. The van der Waals surface area contributed by atoms with Gasteiger partial charge in [-0.2, -0.15) is 0 Å². The molecular weight excluding hydrogens is 432 g/mol. The summed E-state index contributed by atoms with van der Waals surface area (Å²) >= 11 is 0. The van der Waals surface area contributed by atoms with E-state index in [0.29, 0.717) is 12.8 Å². The largest absolute Gasteiger partial charge is 0.516 e. The van der Waals surface area contributed by atoms with Crippen molar-refractivity contribution >= 4 is 24.2 Å². The van der Waals surface area contributed by atoms with Gasteiger partial charge >= 0.3 is 24.2 Å². The van der Waals surface area contributed by atoms with Crippen LogP contribution < -0.4 is 4.74 Å². The molecule has 2 rings (SSSR count). The molecule has 0 spiro atoms. The topological polar surface area (TPSA) is 114 Å². The summed E-state index contributed by atoms with van der Waals surface area (Å²) in [5.41, 5.74) is -0.126. The van der Waals surface area contributed by atoms with E-state index in [4.69, 9.17) is 23.7 Å². The Kier molecular flexibility index (Phi) is 10.4. The summed E-state index contributed by atoms with van der Waals surface area (Å²) in [6, 6.07) is 12.0. The molecule has 2 aromatic carbocycles. The molecule has 0 aliphatic carbocycles. The minimum Gasteiger partial charge on any atom is -0.456 e. The fourth-order valence-electron chi connectivity index (χ4n) is 2.49. The zero-order valence-electron chi connectivity index (χ0n) is 18.5. The maximum Gasteiger partial charge on any atom is 0.516 e. The summed E-state index contributed by atoms with van der Waals surface area (Å²) in [5.74, 6) is -1.91. The van der Waals surface area contributed by atoms with Crippen molar-refractivity contribution in [2.24, 2.45) is 0 Å². The first kappa shape index (κ1) is 25.4. The molecule has 0 heterocycles. The van der Waals surface area contributed by atoms with Crippen LogP contribution >= 0.6 is 0 Å². The van der Waals surface area contributed by atoms with Gasteiger partial charge in [-0.25, -0.2) is 19.2 Å². The lowest BCUT2D eigenvalue weighted by Crippen LogP contribution is -2.16. The summed E-state index contributed by atoms with van der Waals surface area (Å²) in [5, 5.41) is 0. The molecule has 9 heteroatoms. The standard InChI is InChI=1S/C24H26O9/c1-3-5-15-29-23(27)32-21(25)17-11-7-9-13-19(17)31-20-14-10-8-12-18(20)22(26)33-24(28)30-16-6-4-2/h7-14H,3-6,15-16H2,1-2H3. The Balaban J connectivity index is 2.12. The second-order valence-corrected chi connectivity index (χ2v) is 6.78. The first-order valence-corrected chi connectivity index (χ1v) is 10.6. The number of hydrogen-bond acceptors (Lipinski definition) is 9. The predicted molar refractivity (Wildman–Crippen MR) is 116 cm³/mol. The number of carbonyl (C=O) groups is 4. The van der Waals surface area contributed by atoms with E-state index in [-0.39, 0.29) is 35.8 Å². The molecule has 0 bridgehead atoms. The Hall–Kier alpha value is -3.88. The Morgan fingerprint density at radius 3 is 1.42 bits per heavy atom. The van der Waals surface area contributed by atoms with E-state index in [1.165, 1.54) is 24.3 Å². The number of para-hydroxylation sites is 2. The summed E-state index contributed by atoms with van der Waals surface area (Å²) < 4.78 is 24.8. The number of unbranched alkanes of at least 4 members (excludes halogenated alkanes) is 2. The molecule has 0 saturated heterocycles. The quantitative estimate of drug-likeness (QED) is 0.252. The van der Waals surface area contributed by atoms with Crippen molar-refractivity contribution < 1.29 is 42.9 Å². The molecule has 9 nitrogen and oxygen atoms in total. The minimum atomic E-state index is -1.12. The SMILES string of the molecule is CCCCOC(=O)OC(=O)c1ccccc1Oc1ccccc1C(=O)OC(=O)OCCCC. The van der Waals surface area contributed by atoms with Crippen LogP contribution in [0, 0.1) is 0 Å². The lowest BCUT2D eigenvalue weighted by molar-refractivity contribution is 0.0365. The van der Waals surface area contributed by atoms with Crippen molar-refractivity contribution in [1.29, 1.82) is 0 Å². The van der Waals surface area contributed by atoms with Crippen molar-refractivity contribution in [1.82, 2.24) is 0 Å². The molecule has 0 saturated carbocycles. The smallest absolute Gasteiger partial charge is 0.456 e. The normalized spacial score (nSPS) is 10.1. The van der Waals surface area contributed by atoms with Gasteiger partial charge in [0.15, 0.2) is 0 Å². The summed E-state index contributed by atoms with van der Waals surface area (Å²) in [6.07, 6.45) is 0.679. The maximum absolute atomic E-state index is 12.4. The predicted octanol–water partition coefficient (Wildman–Crippen LogP) is 5.67. The van der Waals surface area contributed by atoms with Crippen LogP contribution in [-0.4, -0.2) is 37.5 Å². The van der Waals surface area contributed by atoms with Crippen LogP contribution in [-0.2, 0) is 18.9 Å². The van der Waals surface area contributed by atoms with Gasteiger partial charge in [0, 0.05) is 0 Å². The van der Waals surface area contributed by atoms with Gasteiger partial charge < -0.3 is 23.7 Å². The fraction of sp³-hybridized carbons (Fsp3) is 0.333. The van der Waals surface area contributed by atoms with E-state index in [9.17, 15) is 19.2 Å². The highest BCUT2D eigenvalue weighted by atomic mass is 16.7. The second-order valence-electron chi connectivity index (χ2n) is 6.78. The average Bonchev–Trinajstić information content (AvgIpc) is 2.80. The van der Waals surface area contributed by atoms with Gasteiger partial charge in [0.05, 0.1) is 13.2 Å². The van der Waals surface area contributed by atoms with Crippen LogP contribution in [0.25, 0.3) is 0 Å². The molecule has 0 unspecified atom stereocenters. The average molecular weight is 458 g/mol. The molecule has 0 amide bonds. The minimum absolute atomic E-state index is 0.0228. The van der Waals surface area contributed by atoms with Crippen LogP contribution in [0.4, 0.5) is 9.59 Å². The third-order valence-electron chi connectivity index (χ3n) is 4.22. The molecule has 0 aromatic heterocycles. The Morgan fingerprint density at radius 2 is 1.03 bits per heavy atom. The van der Waals surface area contributed by atoms with Crippen molar-refractivity contribution in [2.75, 3.05) is 13.2 Å². The summed E-state index contributed by atoms with van der Waals surface area (Å²) in [4.78, 5) is 48.3. The second kappa shape index (κ2) is 13.5. The molecule has 0 fully saturated rings. The van der Waals surface area contributed by atoms with Crippen molar-refractivity contribution in [3.05, 3.63) is 59.7 Å². The Labute approximate surface area is 191 Å². The van der Waals surface area contributed by atoms with Gasteiger partial charge in [0.2, 0.25) is 0 Å². The highest BCUT2D eigenvalue weighted by Crippen LogP contribution is 2.29. The van der Waals surface area contributed by atoms with Crippen LogP contribution in [0.15, 0.2) is 48.5 Å². The monoisotopic (exact) mass is 458 g/mol. The Bertz CT molecular complexity index is 890. The van der Waals surface area contributed by atoms with Gasteiger partial charge in [-0.3, -0.25) is 0 Å². The zero-order valence-corrected chi connectivity index (χ0v) is 18.5. The highest BCUT2D eigenvalue weighted by molar-refractivity contribution is 5.99. The third kappa shape index (κ3) is 8.29. The highest BCUT2D eigenvalue weighted by Gasteiger charge is 2.22. The van der Waals surface area contributed by atoms with Crippen LogP contribution in [0.1, 0.15) is 60.2 Å². The van der Waals surface area contributed by atoms with Gasteiger partial charge in [0.1, 0.15) is 22.6 Å². The van der Waals surface area contributed by atoms with E-state index in [2.05, 4.69) is 0 Å². The molecular formula is C24H26O9. The first-order valence-electron chi connectivity index (χ1n) is 10.6. The molecule has 0 aliphatic rings. The van der Waals surface area contributed by atoms with Crippen molar-refractivity contribution in [3.63, 3.8) is 0 Å². The van der Waals surface area contributed by atoms with E-state index in [1.807, 2.05) is 13.8 Å². The van der Waals surface area contributed by atoms with Crippen molar-refractivity contribution in [2.45, 2.75) is 39.5 Å². The summed E-state index contributed by atoms with van der Waals surface area (Å²) in [7, 11) is 0. The van der Waals surface area contributed by atoms with E-state index in [1.54, 1.807) is 24.3 Å². The lowest BCUT2D eigenvalue weighted by Gasteiger charge is -2.13. The molecule has 0 radical (unpaired) electrons. The van der Waals surface area contributed by atoms with Crippen LogP contribution in [0.2, 0.25) is 0 Å². The zero-order chi connectivity index (χ0) is 24.1. The number of rotatable bonds is 10. The number of hydrogen-bond donors (Lipinski definition) is 0. The molecule has 0 N–H and O–H groups in total. The molecule has 0 atom stereocenters. The van der Waals surface area contributed by atoms with Crippen molar-refractivity contribution in [3.8, 4) is 11.5 Å². The number of carbonyl (C=O) groups excluding carboxylic acids is 4. The van der Waals surface area contributed by atoms with Crippen LogP contribution in [0.3, 0.4) is 0 Å². The number of esters is 2. The first-order chi connectivity index (χ1) is 16.0. The van der Waals surface area contributed by atoms with E-state index < -0.39 is 24.2 Å². The summed E-state index contributed by atoms with van der Waals surface area (Å²) in [6.45, 7) is 4.13. The maximum atomic E-state index is 12.4. The molecule has 33 heavy (non-hydrogen) atoms. The van der Waals surface area contributed by atoms with E-state index in [0.717, 1.165) is 12.8 Å². The Morgan fingerprint density at radius 1 is 0.636 bits per heavy atom. The lowest BCUT2D eigenvalue weighted by atomic mass is 10.2. The van der Waals surface area contributed by atoms with Gasteiger partial charge in [0.25, 0.3) is 0 Å². The molecule has 2 aromatic rings. The molecule has 176 valence electrons. The number of benzene rings is 2.